The van der Waals surface area contributed by atoms with E-state index < -0.39 is 5.54 Å². The molecule has 2 aliphatic carbocycles. The lowest BCUT2D eigenvalue weighted by Crippen LogP contribution is -2.44. The minimum atomic E-state index is -0.652. The fourth-order valence-electron chi connectivity index (χ4n) is 6.77. The van der Waals surface area contributed by atoms with E-state index in [1.54, 1.807) is 0 Å². The summed E-state index contributed by atoms with van der Waals surface area (Å²) in [4.78, 5) is 34.6. The van der Waals surface area contributed by atoms with Crippen molar-refractivity contribution in [3.8, 4) is 11.8 Å². The Balaban J connectivity index is 1.12. The van der Waals surface area contributed by atoms with Crippen LogP contribution in [-0.4, -0.2) is 64.9 Å². The van der Waals surface area contributed by atoms with E-state index in [2.05, 4.69) is 27.3 Å². The van der Waals surface area contributed by atoms with Gasteiger partial charge in [0.1, 0.15) is 17.9 Å². The van der Waals surface area contributed by atoms with Crippen LogP contribution in [0.15, 0.2) is 18.2 Å². The number of nitriles is 1. The van der Waals surface area contributed by atoms with Crippen LogP contribution in [0, 0.1) is 23.2 Å². The van der Waals surface area contributed by atoms with Crippen molar-refractivity contribution in [3.05, 3.63) is 29.5 Å². The van der Waals surface area contributed by atoms with Crippen molar-refractivity contribution >= 4 is 22.7 Å². The third-order valence-electron chi connectivity index (χ3n) is 9.16. The number of benzene rings is 1. The maximum absolute atomic E-state index is 13.8. The lowest BCUT2D eigenvalue weighted by molar-refractivity contribution is -0.140. The van der Waals surface area contributed by atoms with Crippen LogP contribution >= 0.6 is 0 Å². The summed E-state index contributed by atoms with van der Waals surface area (Å²) in [5.41, 5.74) is 2.78. The molecule has 6 rings (SSSR count). The van der Waals surface area contributed by atoms with Gasteiger partial charge in [-0.1, -0.05) is 25.0 Å². The zero-order chi connectivity index (χ0) is 26.1. The Hall–Kier alpha value is -3.05. The Morgan fingerprint density at radius 3 is 2.74 bits per heavy atom. The van der Waals surface area contributed by atoms with Crippen molar-refractivity contribution in [3.63, 3.8) is 0 Å². The zero-order valence-corrected chi connectivity index (χ0v) is 22.3. The Labute approximate surface area is 224 Å². The SMILES string of the molecule is N#CC1(NC(=O)C[C@H]2CCCC[C@H]2C(=O)N2CCc3[nH]c4c(OCCN5CCCC5)cccc4c3C2)CC1. The van der Waals surface area contributed by atoms with Gasteiger partial charge in [0, 0.05) is 55.0 Å². The van der Waals surface area contributed by atoms with Gasteiger partial charge in [0.25, 0.3) is 0 Å². The molecule has 0 spiro atoms. The average molecular weight is 518 g/mol. The molecule has 0 radical (unpaired) electrons. The highest BCUT2D eigenvalue weighted by molar-refractivity contribution is 5.90. The van der Waals surface area contributed by atoms with Gasteiger partial charge in [0.05, 0.1) is 11.6 Å². The van der Waals surface area contributed by atoms with E-state index in [0.717, 1.165) is 68.1 Å². The largest absolute Gasteiger partial charge is 0.490 e. The lowest BCUT2D eigenvalue weighted by atomic mass is 9.76. The molecule has 2 atom stereocenters. The lowest BCUT2D eigenvalue weighted by Gasteiger charge is -2.36. The molecule has 3 heterocycles. The maximum Gasteiger partial charge on any atom is 0.226 e. The molecule has 4 aliphatic rings. The number of hydrogen-bond acceptors (Lipinski definition) is 5. The highest BCUT2D eigenvalue weighted by Gasteiger charge is 2.45. The molecular weight excluding hydrogens is 478 g/mol. The summed E-state index contributed by atoms with van der Waals surface area (Å²) >= 11 is 0. The first kappa shape index (κ1) is 25.2. The number of nitrogens with one attached hydrogen (secondary N) is 2. The Morgan fingerprint density at radius 1 is 1.13 bits per heavy atom. The van der Waals surface area contributed by atoms with E-state index >= 15 is 0 Å². The second-order valence-corrected chi connectivity index (χ2v) is 11.8. The van der Waals surface area contributed by atoms with Crippen molar-refractivity contribution in [1.29, 1.82) is 5.26 Å². The molecule has 8 heteroatoms. The van der Waals surface area contributed by atoms with E-state index in [0.29, 0.717) is 26.1 Å². The van der Waals surface area contributed by atoms with Crippen LogP contribution in [-0.2, 0) is 22.6 Å². The van der Waals surface area contributed by atoms with Gasteiger partial charge in [-0.05, 0) is 63.6 Å². The number of para-hydroxylation sites is 1. The summed E-state index contributed by atoms with van der Waals surface area (Å²) in [7, 11) is 0. The third kappa shape index (κ3) is 5.13. The van der Waals surface area contributed by atoms with Gasteiger partial charge < -0.3 is 19.9 Å². The van der Waals surface area contributed by atoms with Gasteiger partial charge in [-0.3, -0.25) is 14.5 Å². The van der Waals surface area contributed by atoms with Gasteiger partial charge in [-0.25, -0.2) is 0 Å². The standard InChI is InChI=1S/C30H39N5O3/c31-20-30(11-12-30)33-27(36)18-21-6-1-2-7-22(21)29(37)35-15-10-25-24(19-35)23-8-5-9-26(28(23)32-25)38-17-16-34-13-3-4-14-34/h5,8-9,21-22,32H,1-4,6-7,10-19H2,(H,33,36)/t21-,22-/m1/s1. The summed E-state index contributed by atoms with van der Waals surface area (Å²) in [6, 6.07) is 8.44. The first-order valence-corrected chi connectivity index (χ1v) is 14.5. The minimum absolute atomic E-state index is 0.0470. The number of carbonyl (C=O) groups excluding carboxylic acids is 2. The number of rotatable bonds is 8. The number of fused-ring (bicyclic) bond motifs is 3. The molecular formula is C30H39N5O3. The highest BCUT2D eigenvalue weighted by atomic mass is 16.5. The van der Waals surface area contributed by atoms with Gasteiger partial charge in [-0.2, -0.15) is 5.26 Å². The van der Waals surface area contributed by atoms with Crippen LogP contribution in [0.4, 0.5) is 0 Å². The van der Waals surface area contributed by atoms with Gasteiger partial charge in [-0.15, -0.1) is 0 Å². The molecule has 2 aliphatic heterocycles. The number of H-pyrrole nitrogens is 1. The van der Waals surface area contributed by atoms with Crippen LogP contribution < -0.4 is 10.1 Å². The minimum Gasteiger partial charge on any atom is -0.490 e. The van der Waals surface area contributed by atoms with Gasteiger partial charge in [0.2, 0.25) is 11.8 Å². The number of carbonyl (C=O) groups is 2. The average Bonchev–Trinajstić information content (AvgIpc) is 3.32. The summed E-state index contributed by atoms with van der Waals surface area (Å²) < 4.78 is 6.22. The smallest absolute Gasteiger partial charge is 0.226 e. The molecule has 38 heavy (non-hydrogen) atoms. The van der Waals surface area contributed by atoms with Crippen LogP contribution in [0.2, 0.25) is 0 Å². The quantitative estimate of drug-likeness (QED) is 0.553. The number of aromatic nitrogens is 1. The molecule has 202 valence electrons. The maximum atomic E-state index is 13.8. The number of ether oxygens (including phenoxy) is 1. The molecule has 1 aromatic carbocycles. The van der Waals surface area contributed by atoms with Crippen molar-refractivity contribution in [1.82, 2.24) is 20.1 Å². The Morgan fingerprint density at radius 2 is 1.95 bits per heavy atom. The van der Waals surface area contributed by atoms with E-state index in [4.69, 9.17) is 4.74 Å². The van der Waals surface area contributed by atoms with Gasteiger partial charge >= 0.3 is 0 Å². The van der Waals surface area contributed by atoms with Gasteiger partial charge in [0.15, 0.2) is 0 Å². The molecule has 1 saturated heterocycles. The predicted molar refractivity (Wildman–Crippen MR) is 144 cm³/mol. The second-order valence-electron chi connectivity index (χ2n) is 11.8. The van der Waals surface area contributed by atoms with E-state index in [1.165, 1.54) is 37.2 Å². The first-order chi connectivity index (χ1) is 18.5. The summed E-state index contributed by atoms with van der Waals surface area (Å²) in [5, 5.41) is 13.4. The van der Waals surface area contributed by atoms with Crippen LogP contribution in [0.25, 0.3) is 10.9 Å². The van der Waals surface area contributed by atoms with Crippen molar-refractivity contribution in [2.24, 2.45) is 11.8 Å². The van der Waals surface area contributed by atoms with Crippen molar-refractivity contribution in [2.75, 3.05) is 32.8 Å². The van der Waals surface area contributed by atoms with Crippen LogP contribution in [0.1, 0.15) is 69.0 Å². The van der Waals surface area contributed by atoms with E-state index in [-0.39, 0.29) is 23.7 Å². The second kappa shape index (κ2) is 10.6. The fraction of sp³-hybridized carbons (Fsp3) is 0.633. The molecule has 8 nitrogen and oxygen atoms in total. The summed E-state index contributed by atoms with van der Waals surface area (Å²) in [5.74, 6) is 0.914. The molecule has 0 bridgehead atoms. The molecule has 0 unspecified atom stereocenters. The molecule has 2 saturated carbocycles. The van der Waals surface area contributed by atoms with Crippen molar-refractivity contribution in [2.45, 2.75) is 76.3 Å². The molecule has 2 N–H and O–H groups in total. The zero-order valence-electron chi connectivity index (χ0n) is 22.3. The van der Waals surface area contributed by atoms with E-state index in [9.17, 15) is 14.9 Å². The molecule has 2 aromatic rings. The monoisotopic (exact) mass is 517 g/mol. The molecule has 2 amide bonds. The predicted octanol–water partition coefficient (Wildman–Crippen LogP) is 3.90. The highest BCUT2D eigenvalue weighted by Crippen LogP contribution is 2.38. The Kier molecular flexibility index (Phi) is 7.05. The number of amides is 2. The number of nitrogens with zero attached hydrogens (tertiary/aromatic N) is 3. The number of hydrogen-bond donors (Lipinski definition) is 2. The summed E-state index contributed by atoms with van der Waals surface area (Å²) in [6.07, 6.45) is 8.98. The first-order valence-electron chi connectivity index (χ1n) is 14.5. The Bertz CT molecular complexity index is 1240. The number of aromatic amines is 1. The van der Waals surface area contributed by atoms with Crippen molar-refractivity contribution < 1.29 is 14.3 Å². The fourth-order valence-corrected chi connectivity index (χ4v) is 6.77. The van der Waals surface area contributed by atoms with Crippen LogP contribution in [0.3, 0.4) is 0 Å². The number of likely N-dealkylation sites (tertiary alicyclic amines) is 1. The van der Waals surface area contributed by atoms with E-state index in [1.807, 2.05) is 17.0 Å². The topological polar surface area (TPSA) is 101 Å². The van der Waals surface area contributed by atoms with Crippen LogP contribution in [0.5, 0.6) is 5.75 Å². The summed E-state index contributed by atoms with van der Waals surface area (Å²) in [6.45, 7) is 5.26. The molecule has 3 fully saturated rings. The third-order valence-corrected chi connectivity index (χ3v) is 9.16. The molecule has 1 aromatic heterocycles. The normalized spacial score (nSPS) is 24.6.